The lowest BCUT2D eigenvalue weighted by Gasteiger charge is -2.22. The first-order valence-electron chi connectivity index (χ1n) is 9.08. The van der Waals surface area contributed by atoms with Crippen LogP contribution >= 0.6 is 0 Å². The summed E-state index contributed by atoms with van der Waals surface area (Å²) in [5.74, 6) is -0.398. The standard InChI is InChI=1S/C19H25N3O4S/c1-21(2)27(25,26)14-9-10-17-15(11-14)18(23)16(12-22(17)3)19(24)20-13-7-5-4-6-8-13/h9-13H,4-8H2,1-3H3,(H,20,24). The fraction of sp³-hybridized carbons (Fsp3) is 0.474. The molecule has 1 aliphatic carbocycles. The normalized spacial score (nSPS) is 16.0. The van der Waals surface area contributed by atoms with Crippen molar-refractivity contribution >= 4 is 26.8 Å². The number of hydrogen-bond acceptors (Lipinski definition) is 4. The predicted molar refractivity (Wildman–Crippen MR) is 104 cm³/mol. The predicted octanol–water partition coefficient (Wildman–Crippen LogP) is 1.85. The van der Waals surface area contributed by atoms with Crippen LogP contribution in [0.3, 0.4) is 0 Å². The Kier molecular flexibility index (Phi) is 5.39. The first-order chi connectivity index (χ1) is 12.7. The molecule has 3 rings (SSSR count). The summed E-state index contributed by atoms with van der Waals surface area (Å²) in [6, 6.07) is 4.51. The Balaban J connectivity index is 2.06. The van der Waals surface area contributed by atoms with Crippen molar-refractivity contribution in [2.24, 2.45) is 7.05 Å². The number of pyridine rings is 1. The first kappa shape index (κ1) is 19.6. The number of rotatable bonds is 4. The Morgan fingerprint density at radius 2 is 1.85 bits per heavy atom. The third-order valence-electron chi connectivity index (χ3n) is 5.12. The van der Waals surface area contributed by atoms with Gasteiger partial charge in [0.25, 0.3) is 5.91 Å². The molecule has 0 saturated heterocycles. The van der Waals surface area contributed by atoms with Crippen LogP contribution in [0.2, 0.25) is 0 Å². The maximum absolute atomic E-state index is 12.9. The zero-order valence-corrected chi connectivity index (χ0v) is 16.7. The summed E-state index contributed by atoms with van der Waals surface area (Å²) in [7, 11) is 0.939. The molecule has 0 aliphatic heterocycles. The topological polar surface area (TPSA) is 88.5 Å². The Morgan fingerprint density at radius 1 is 1.19 bits per heavy atom. The molecule has 7 nitrogen and oxygen atoms in total. The second-order valence-electron chi connectivity index (χ2n) is 7.26. The summed E-state index contributed by atoms with van der Waals surface area (Å²) in [6.07, 6.45) is 6.69. The van der Waals surface area contributed by atoms with Crippen molar-refractivity contribution in [3.8, 4) is 0 Å². The highest BCUT2D eigenvalue weighted by atomic mass is 32.2. The van der Waals surface area contributed by atoms with Crippen LogP contribution in [0.15, 0.2) is 34.1 Å². The lowest BCUT2D eigenvalue weighted by Crippen LogP contribution is -2.38. The van der Waals surface area contributed by atoms with Gasteiger partial charge in [0.15, 0.2) is 0 Å². The smallest absolute Gasteiger partial charge is 0.256 e. The maximum atomic E-state index is 12.9. The fourth-order valence-electron chi connectivity index (χ4n) is 3.51. The number of hydrogen-bond donors (Lipinski definition) is 1. The van der Waals surface area contributed by atoms with Gasteiger partial charge in [0.2, 0.25) is 15.5 Å². The van der Waals surface area contributed by atoms with Crippen molar-refractivity contribution in [1.29, 1.82) is 0 Å². The summed E-state index contributed by atoms with van der Waals surface area (Å²) < 4.78 is 27.6. The van der Waals surface area contributed by atoms with Crippen LogP contribution in [0.25, 0.3) is 10.9 Å². The second kappa shape index (κ2) is 7.44. The van der Waals surface area contributed by atoms with Gasteiger partial charge in [0.1, 0.15) is 5.56 Å². The number of fused-ring (bicyclic) bond motifs is 1. The van der Waals surface area contributed by atoms with E-state index in [2.05, 4.69) is 5.32 Å². The van der Waals surface area contributed by atoms with E-state index >= 15 is 0 Å². The molecule has 27 heavy (non-hydrogen) atoms. The van der Waals surface area contributed by atoms with Crippen molar-refractivity contribution < 1.29 is 13.2 Å². The molecule has 1 saturated carbocycles. The molecule has 1 aliphatic rings. The van der Waals surface area contributed by atoms with Crippen LogP contribution in [-0.4, -0.2) is 43.3 Å². The van der Waals surface area contributed by atoms with E-state index in [4.69, 9.17) is 0 Å². The Hall–Kier alpha value is -2.19. The molecule has 1 heterocycles. The average Bonchev–Trinajstić information content (AvgIpc) is 2.64. The van der Waals surface area contributed by atoms with Gasteiger partial charge >= 0.3 is 0 Å². The fourth-order valence-corrected chi connectivity index (χ4v) is 4.44. The Morgan fingerprint density at radius 3 is 2.48 bits per heavy atom. The molecular weight excluding hydrogens is 366 g/mol. The highest BCUT2D eigenvalue weighted by Gasteiger charge is 2.22. The van der Waals surface area contributed by atoms with E-state index in [0.29, 0.717) is 5.52 Å². The van der Waals surface area contributed by atoms with E-state index in [0.717, 1.165) is 30.0 Å². The number of amides is 1. The molecule has 0 unspecified atom stereocenters. The van der Waals surface area contributed by atoms with Gasteiger partial charge in [0, 0.05) is 38.8 Å². The largest absolute Gasteiger partial charge is 0.350 e. The second-order valence-corrected chi connectivity index (χ2v) is 9.41. The molecule has 0 atom stereocenters. The molecule has 0 bridgehead atoms. The van der Waals surface area contributed by atoms with E-state index in [1.807, 2.05) is 0 Å². The molecule has 0 spiro atoms. The van der Waals surface area contributed by atoms with Gasteiger partial charge in [0.05, 0.1) is 10.4 Å². The van der Waals surface area contributed by atoms with E-state index < -0.39 is 21.4 Å². The molecule has 0 radical (unpaired) electrons. The van der Waals surface area contributed by atoms with Gasteiger partial charge in [-0.05, 0) is 31.0 Å². The Bertz CT molecular complexity index is 1030. The van der Waals surface area contributed by atoms with Crippen molar-refractivity contribution in [2.45, 2.75) is 43.0 Å². The maximum Gasteiger partial charge on any atom is 0.256 e. The van der Waals surface area contributed by atoms with Crippen LogP contribution in [0.5, 0.6) is 0 Å². The van der Waals surface area contributed by atoms with Crippen molar-refractivity contribution in [2.75, 3.05) is 14.1 Å². The highest BCUT2D eigenvalue weighted by molar-refractivity contribution is 7.89. The van der Waals surface area contributed by atoms with Crippen LogP contribution < -0.4 is 10.7 Å². The molecule has 8 heteroatoms. The minimum Gasteiger partial charge on any atom is -0.350 e. The van der Waals surface area contributed by atoms with E-state index in [9.17, 15) is 18.0 Å². The number of nitrogens with zero attached hydrogens (tertiary/aromatic N) is 2. The zero-order valence-electron chi connectivity index (χ0n) is 15.9. The summed E-state index contributed by atoms with van der Waals surface area (Å²) in [4.78, 5) is 25.6. The molecule has 1 amide bonds. The Labute approximate surface area is 159 Å². The van der Waals surface area contributed by atoms with Crippen molar-refractivity contribution in [3.63, 3.8) is 0 Å². The quantitative estimate of drug-likeness (QED) is 0.861. The summed E-state index contributed by atoms with van der Waals surface area (Å²) in [5, 5.41) is 3.17. The van der Waals surface area contributed by atoms with Crippen molar-refractivity contribution in [1.82, 2.24) is 14.2 Å². The van der Waals surface area contributed by atoms with E-state index in [-0.39, 0.29) is 21.9 Å². The third-order valence-corrected chi connectivity index (χ3v) is 6.93. The number of carbonyl (C=O) groups is 1. The molecule has 1 fully saturated rings. The summed E-state index contributed by atoms with van der Waals surface area (Å²) >= 11 is 0. The zero-order chi connectivity index (χ0) is 19.8. The van der Waals surface area contributed by atoms with Gasteiger partial charge in [-0.1, -0.05) is 19.3 Å². The molecule has 1 aromatic carbocycles. The van der Waals surface area contributed by atoms with Gasteiger partial charge in [-0.2, -0.15) is 0 Å². The van der Waals surface area contributed by atoms with Gasteiger partial charge in [-0.15, -0.1) is 0 Å². The van der Waals surface area contributed by atoms with Crippen LogP contribution in [0, 0.1) is 0 Å². The minimum absolute atomic E-state index is 0.0296. The molecule has 1 aromatic heterocycles. The number of nitrogens with one attached hydrogen (secondary N) is 1. The number of benzene rings is 1. The number of aryl methyl sites for hydroxylation is 1. The lowest BCUT2D eigenvalue weighted by molar-refractivity contribution is 0.0926. The molecule has 2 aromatic rings. The van der Waals surface area contributed by atoms with E-state index in [1.54, 1.807) is 17.7 Å². The first-order valence-corrected chi connectivity index (χ1v) is 10.5. The van der Waals surface area contributed by atoms with Crippen LogP contribution in [0.4, 0.5) is 0 Å². The summed E-state index contributed by atoms with van der Waals surface area (Å²) in [6.45, 7) is 0. The lowest BCUT2D eigenvalue weighted by atomic mass is 9.95. The van der Waals surface area contributed by atoms with Crippen LogP contribution in [-0.2, 0) is 17.1 Å². The minimum atomic E-state index is -3.67. The third kappa shape index (κ3) is 3.77. The van der Waals surface area contributed by atoms with Gasteiger partial charge < -0.3 is 9.88 Å². The number of carbonyl (C=O) groups excluding carboxylic acids is 1. The number of aromatic nitrogens is 1. The molecular formula is C19H25N3O4S. The molecule has 146 valence electrons. The monoisotopic (exact) mass is 391 g/mol. The number of sulfonamides is 1. The molecule has 1 N–H and O–H groups in total. The van der Waals surface area contributed by atoms with Crippen molar-refractivity contribution in [3.05, 3.63) is 40.2 Å². The van der Waals surface area contributed by atoms with E-state index in [1.165, 1.54) is 38.8 Å². The SMILES string of the molecule is CN(C)S(=O)(=O)c1ccc2c(c1)c(=O)c(C(=O)NC1CCCCC1)cn2C. The van der Waals surface area contributed by atoms with Crippen LogP contribution in [0.1, 0.15) is 42.5 Å². The highest BCUT2D eigenvalue weighted by Crippen LogP contribution is 2.20. The van der Waals surface area contributed by atoms with Gasteiger partial charge in [-0.25, -0.2) is 12.7 Å². The van der Waals surface area contributed by atoms with Gasteiger partial charge in [-0.3, -0.25) is 9.59 Å². The summed E-state index contributed by atoms with van der Waals surface area (Å²) in [5.41, 5.74) is 0.161. The average molecular weight is 391 g/mol.